The maximum Gasteiger partial charge on any atom is 0.205 e. The molecule has 2 N–H and O–H groups in total. The number of hydrogen-bond donors (Lipinski definition) is 2. The molecule has 0 amide bonds. The number of nitrogens with zero attached hydrogens (tertiary/aromatic N) is 2. The summed E-state index contributed by atoms with van der Waals surface area (Å²) in [5, 5.41) is 27.7. The van der Waals surface area contributed by atoms with Crippen LogP contribution in [0.15, 0.2) is 41.1 Å². The minimum absolute atomic E-state index is 0.423. The average Bonchev–Trinajstić information content (AvgIpc) is 3.19. The maximum atomic E-state index is 10.0. The molecule has 3 aromatic rings. The smallest absolute Gasteiger partial charge is 0.205 e. The van der Waals surface area contributed by atoms with E-state index < -0.39 is 6.10 Å². The fraction of sp³-hybridized carbons (Fsp3) is 0.200. The van der Waals surface area contributed by atoms with E-state index in [2.05, 4.69) is 15.5 Å². The summed E-state index contributed by atoms with van der Waals surface area (Å²) in [6, 6.07) is 9.62. The molecule has 4 nitrogen and oxygen atoms in total. The molecule has 1 atom stereocenters. The highest BCUT2D eigenvalue weighted by atomic mass is 35.5. The Morgan fingerprint density at radius 1 is 1.18 bits per heavy atom. The molecule has 0 fully saturated rings. The van der Waals surface area contributed by atoms with Crippen molar-refractivity contribution in [3.8, 4) is 0 Å². The molecule has 3 rings (SSSR count). The Kier molecular flexibility index (Phi) is 5.04. The Bertz CT molecular complexity index is 713. The highest BCUT2D eigenvalue weighted by Crippen LogP contribution is 2.21. The van der Waals surface area contributed by atoms with E-state index in [1.54, 1.807) is 11.3 Å². The maximum absolute atomic E-state index is 10.0. The minimum Gasteiger partial charge on any atom is -0.387 e. The number of aromatic nitrogens is 2. The molecule has 0 aliphatic carbocycles. The van der Waals surface area contributed by atoms with Gasteiger partial charge in [0.1, 0.15) is 5.01 Å². The van der Waals surface area contributed by atoms with Crippen LogP contribution in [0.25, 0.3) is 0 Å². The van der Waals surface area contributed by atoms with Crippen molar-refractivity contribution < 1.29 is 5.11 Å². The van der Waals surface area contributed by atoms with Gasteiger partial charge in [-0.1, -0.05) is 35.1 Å². The Morgan fingerprint density at radius 2 is 2.00 bits per heavy atom. The Balaban J connectivity index is 1.56. The van der Waals surface area contributed by atoms with Gasteiger partial charge in [0, 0.05) is 18.0 Å². The van der Waals surface area contributed by atoms with Crippen LogP contribution >= 0.6 is 34.3 Å². The van der Waals surface area contributed by atoms with Gasteiger partial charge in [-0.05, 0) is 40.1 Å². The molecular formula is C15H14ClN3OS2. The molecule has 2 heterocycles. The predicted octanol–water partition coefficient (Wildman–Crippen LogP) is 3.99. The number of hydrogen-bond acceptors (Lipinski definition) is 6. The molecular weight excluding hydrogens is 338 g/mol. The van der Waals surface area contributed by atoms with E-state index in [1.165, 1.54) is 11.3 Å². The zero-order valence-electron chi connectivity index (χ0n) is 11.6. The largest absolute Gasteiger partial charge is 0.387 e. The second-order valence-electron chi connectivity index (χ2n) is 4.76. The van der Waals surface area contributed by atoms with Gasteiger partial charge in [0.05, 0.1) is 6.10 Å². The van der Waals surface area contributed by atoms with Gasteiger partial charge in [0.15, 0.2) is 0 Å². The van der Waals surface area contributed by atoms with E-state index in [-0.39, 0.29) is 0 Å². The summed E-state index contributed by atoms with van der Waals surface area (Å²) in [6.07, 6.45) is 0.193. The highest BCUT2D eigenvalue weighted by Gasteiger charge is 2.10. The van der Waals surface area contributed by atoms with E-state index in [0.717, 1.165) is 32.7 Å². The van der Waals surface area contributed by atoms with Crippen molar-refractivity contribution in [3.63, 3.8) is 0 Å². The van der Waals surface area contributed by atoms with Crippen molar-refractivity contribution in [1.82, 2.24) is 10.2 Å². The minimum atomic E-state index is -0.533. The summed E-state index contributed by atoms with van der Waals surface area (Å²) < 4.78 is 0. The quantitative estimate of drug-likeness (QED) is 0.705. The lowest BCUT2D eigenvalue weighted by Crippen LogP contribution is -2.11. The van der Waals surface area contributed by atoms with Gasteiger partial charge < -0.3 is 10.4 Å². The van der Waals surface area contributed by atoms with Crippen LogP contribution in [0.3, 0.4) is 0 Å². The van der Waals surface area contributed by atoms with Crippen molar-refractivity contribution in [1.29, 1.82) is 0 Å². The molecule has 1 unspecified atom stereocenters. The predicted molar refractivity (Wildman–Crippen MR) is 91.9 cm³/mol. The Hall–Kier alpha value is -1.47. The number of halogens is 1. The van der Waals surface area contributed by atoms with Crippen molar-refractivity contribution >= 4 is 39.4 Å². The second kappa shape index (κ2) is 7.19. The Labute approximate surface area is 141 Å². The van der Waals surface area contributed by atoms with E-state index in [1.807, 2.05) is 41.1 Å². The second-order valence-corrected chi connectivity index (χ2v) is 7.04. The van der Waals surface area contributed by atoms with E-state index in [9.17, 15) is 5.11 Å². The van der Waals surface area contributed by atoms with Crippen LogP contribution in [0.4, 0.5) is 5.13 Å². The number of nitrogens with one attached hydrogen (secondary N) is 1. The van der Waals surface area contributed by atoms with Crippen LogP contribution in [0, 0.1) is 0 Å². The first-order valence-corrected chi connectivity index (χ1v) is 8.85. The highest BCUT2D eigenvalue weighted by molar-refractivity contribution is 7.15. The fourth-order valence-corrected chi connectivity index (χ4v) is 3.55. The van der Waals surface area contributed by atoms with Crippen molar-refractivity contribution in [2.45, 2.75) is 12.5 Å². The van der Waals surface area contributed by atoms with E-state index in [4.69, 9.17) is 11.6 Å². The first kappa shape index (κ1) is 15.4. The molecule has 114 valence electrons. The van der Waals surface area contributed by atoms with Gasteiger partial charge >= 0.3 is 0 Å². The van der Waals surface area contributed by atoms with Crippen molar-refractivity contribution in [3.05, 3.63) is 62.2 Å². The summed E-state index contributed by atoms with van der Waals surface area (Å²) >= 11 is 8.94. The van der Waals surface area contributed by atoms with Gasteiger partial charge in [-0.2, -0.15) is 11.3 Å². The molecule has 1 aromatic carbocycles. The standard InChI is InChI=1S/C15H14ClN3OS2/c16-12-3-1-10(2-4-12)7-14-18-19-15(22-14)17-8-13(20)11-5-6-21-9-11/h1-6,9,13,20H,7-8H2,(H,17,19). The van der Waals surface area contributed by atoms with E-state index >= 15 is 0 Å². The third-order valence-electron chi connectivity index (χ3n) is 3.11. The summed E-state index contributed by atoms with van der Waals surface area (Å²) in [5.74, 6) is 0. The number of aliphatic hydroxyl groups excluding tert-OH is 1. The molecule has 0 saturated heterocycles. The Morgan fingerprint density at radius 3 is 2.73 bits per heavy atom. The lowest BCUT2D eigenvalue weighted by molar-refractivity contribution is 0.192. The first-order valence-electron chi connectivity index (χ1n) is 6.71. The number of rotatable bonds is 6. The van der Waals surface area contributed by atoms with Crippen LogP contribution in [0.1, 0.15) is 22.2 Å². The third kappa shape index (κ3) is 4.04. The summed E-state index contributed by atoms with van der Waals surface area (Å²) in [7, 11) is 0. The van der Waals surface area contributed by atoms with Crippen molar-refractivity contribution in [2.24, 2.45) is 0 Å². The fourth-order valence-electron chi connectivity index (χ4n) is 1.94. The lowest BCUT2D eigenvalue weighted by atomic mass is 10.2. The third-order valence-corrected chi connectivity index (χ3v) is 4.94. The zero-order valence-corrected chi connectivity index (χ0v) is 14.0. The van der Waals surface area contributed by atoms with Crippen LogP contribution in [0.5, 0.6) is 0 Å². The van der Waals surface area contributed by atoms with Gasteiger partial charge in [-0.15, -0.1) is 10.2 Å². The molecule has 7 heteroatoms. The molecule has 22 heavy (non-hydrogen) atoms. The molecule has 0 saturated carbocycles. The van der Waals surface area contributed by atoms with Gasteiger partial charge in [0.2, 0.25) is 5.13 Å². The SMILES string of the molecule is OC(CNc1nnc(Cc2ccc(Cl)cc2)s1)c1ccsc1. The number of aliphatic hydroxyl groups is 1. The monoisotopic (exact) mass is 351 g/mol. The molecule has 0 spiro atoms. The average molecular weight is 352 g/mol. The molecule has 2 aromatic heterocycles. The van der Waals surface area contributed by atoms with Gasteiger partial charge in [0.25, 0.3) is 0 Å². The summed E-state index contributed by atoms with van der Waals surface area (Å²) in [5.41, 5.74) is 2.06. The topological polar surface area (TPSA) is 58.0 Å². The van der Waals surface area contributed by atoms with Gasteiger partial charge in [-0.3, -0.25) is 0 Å². The van der Waals surface area contributed by atoms with Crippen LogP contribution in [-0.4, -0.2) is 21.8 Å². The number of anilines is 1. The molecule has 0 aliphatic heterocycles. The number of thiophene rings is 1. The lowest BCUT2D eigenvalue weighted by Gasteiger charge is -2.08. The normalized spacial score (nSPS) is 12.3. The van der Waals surface area contributed by atoms with Crippen LogP contribution in [0.2, 0.25) is 5.02 Å². The first-order chi connectivity index (χ1) is 10.7. The number of benzene rings is 1. The summed E-state index contributed by atoms with van der Waals surface area (Å²) in [6.45, 7) is 0.423. The van der Waals surface area contributed by atoms with Gasteiger partial charge in [-0.25, -0.2) is 0 Å². The van der Waals surface area contributed by atoms with Crippen LogP contribution in [-0.2, 0) is 6.42 Å². The van der Waals surface area contributed by atoms with E-state index in [0.29, 0.717) is 6.54 Å². The van der Waals surface area contributed by atoms with Crippen molar-refractivity contribution in [2.75, 3.05) is 11.9 Å². The summed E-state index contributed by atoms with van der Waals surface area (Å²) in [4.78, 5) is 0. The molecule has 0 aliphatic rings. The van der Waals surface area contributed by atoms with Crippen LogP contribution < -0.4 is 5.32 Å². The molecule has 0 radical (unpaired) electrons. The zero-order chi connectivity index (χ0) is 15.4. The molecule has 0 bridgehead atoms.